The molecule has 5 nitrogen and oxygen atoms in total. The molecule has 3 aromatic rings. The monoisotopic (exact) mass is 405 g/mol. The standard InChI is InChI=1S/C25H33N4O/c1-24(2)16-18(17-25(3,4)29(24)30)26-14-9-15-27-23-19-10-5-7-12-21(19)28-22-13-8-6-11-20(22)23/h5-8,10-13,18,26H,9,14-17H2,1-4H3,(H,27,28). The van der Waals surface area contributed by atoms with Crippen LogP contribution in [-0.2, 0) is 5.21 Å². The van der Waals surface area contributed by atoms with E-state index in [0.717, 1.165) is 59.8 Å². The summed E-state index contributed by atoms with van der Waals surface area (Å²) >= 11 is 0. The Bertz CT molecular complexity index is 958. The second kappa shape index (κ2) is 8.14. The highest BCUT2D eigenvalue weighted by molar-refractivity contribution is 6.07. The molecule has 0 bridgehead atoms. The Morgan fingerprint density at radius 1 is 0.900 bits per heavy atom. The van der Waals surface area contributed by atoms with Crippen molar-refractivity contribution in [3.05, 3.63) is 48.5 Å². The third kappa shape index (κ3) is 4.15. The van der Waals surface area contributed by atoms with Gasteiger partial charge in [0.15, 0.2) is 0 Å². The normalized spacial score (nSPS) is 19.4. The van der Waals surface area contributed by atoms with E-state index >= 15 is 0 Å². The van der Waals surface area contributed by atoms with Crippen molar-refractivity contribution in [2.75, 3.05) is 18.4 Å². The number of fused-ring (bicyclic) bond motifs is 2. The van der Waals surface area contributed by atoms with E-state index < -0.39 is 0 Å². The first-order valence-corrected chi connectivity index (χ1v) is 11.0. The van der Waals surface area contributed by atoms with Crippen molar-refractivity contribution in [1.29, 1.82) is 0 Å². The molecule has 30 heavy (non-hydrogen) atoms. The lowest BCUT2D eigenvalue weighted by atomic mass is 9.79. The maximum atomic E-state index is 12.5. The Kier molecular flexibility index (Phi) is 5.71. The molecule has 1 aliphatic rings. The van der Waals surface area contributed by atoms with Gasteiger partial charge in [-0.05, 0) is 65.6 Å². The summed E-state index contributed by atoms with van der Waals surface area (Å²) in [6, 6.07) is 17.0. The Hall–Kier alpha value is -2.21. The number of nitrogens with one attached hydrogen (secondary N) is 2. The summed E-state index contributed by atoms with van der Waals surface area (Å²) in [4.78, 5) is 4.80. The van der Waals surface area contributed by atoms with Gasteiger partial charge in [0.2, 0.25) is 0 Å². The smallest absolute Gasteiger partial charge is 0.0730 e. The van der Waals surface area contributed by atoms with E-state index in [1.54, 1.807) is 0 Å². The zero-order valence-corrected chi connectivity index (χ0v) is 18.5. The SMILES string of the molecule is CC1(C)CC(NCCCNc2c3ccccc3nc3ccccc23)CC(C)(C)N1[O]. The zero-order valence-electron chi connectivity index (χ0n) is 18.5. The minimum atomic E-state index is -0.327. The lowest BCUT2D eigenvalue weighted by molar-refractivity contribution is -0.290. The molecule has 0 saturated carbocycles. The lowest BCUT2D eigenvalue weighted by Gasteiger charge is -2.50. The van der Waals surface area contributed by atoms with E-state index in [9.17, 15) is 5.21 Å². The number of hydrogen-bond acceptors (Lipinski definition) is 4. The van der Waals surface area contributed by atoms with E-state index in [1.165, 1.54) is 5.06 Å². The highest BCUT2D eigenvalue weighted by Crippen LogP contribution is 2.37. The van der Waals surface area contributed by atoms with E-state index in [1.807, 2.05) is 12.1 Å². The first-order chi connectivity index (χ1) is 14.3. The Morgan fingerprint density at radius 3 is 2.00 bits per heavy atom. The van der Waals surface area contributed by atoms with Crippen LogP contribution in [0.4, 0.5) is 5.69 Å². The van der Waals surface area contributed by atoms with Gasteiger partial charge in [-0.2, -0.15) is 0 Å². The van der Waals surface area contributed by atoms with Crippen LogP contribution in [0.5, 0.6) is 0 Å². The fraction of sp³-hybridized carbons (Fsp3) is 0.480. The van der Waals surface area contributed by atoms with Crippen LogP contribution in [0.3, 0.4) is 0 Å². The minimum absolute atomic E-state index is 0.327. The third-order valence-corrected chi connectivity index (χ3v) is 6.27. The second-order valence-electron chi connectivity index (χ2n) is 9.78. The Labute approximate surface area is 179 Å². The first kappa shape index (κ1) is 21.0. The van der Waals surface area contributed by atoms with Gasteiger partial charge >= 0.3 is 0 Å². The quantitative estimate of drug-likeness (QED) is 0.440. The molecule has 5 heteroatoms. The van der Waals surface area contributed by atoms with Crippen molar-refractivity contribution in [3.63, 3.8) is 0 Å². The molecule has 0 amide bonds. The summed E-state index contributed by atoms with van der Waals surface area (Å²) in [5, 5.41) is 23.5. The van der Waals surface area contributed by atoms with Crippen LogP contribution in [-0.4, -0.2) is 40.3 Å². The van der Waals surface area contributed by atoms with Gasteiger partial charge in [0.1, 0.15) is 0 Å². The molecule has 159 valence electrons. The van der Waals surface area contributed by atoms with Crippen LogP contribution in [0.15, 0.2) is 48.5 Å². The molecular weight excluding hydrogens is 372 g/mol. The first-order valence-electron chi connectivity index (χ1n) is 11.0. The fourth-order valence-corrected chi connectivity index (χ4v) is 5.05. The average molecular weight is 406 g/mol. The maximum Gasteiger partial charge on any atom is 0.0730 e. The highest BCUT2D eigenvalue weighted by atomic mass is 16.5. The predicted molar refractivity (Wildman–Crippen MR) is 124 cm³/mol. The van der Waals surface area contributed by atoms with Gasteiger partial charge in [-0.1, -0.05) is 36.4 Å². The van der Waals surface area contributed by atoms with E-state index in [2.05, 4.69) is 74.7 Å². The minimum Gasteiger partial charge on any atom is -0.384 e. The topological polar surface area (TPSA) is 60.1 Å². The number of para-hydroxylation sites is 2. The number of aromatic nitrogens is 1. The third-order valence-electron chi connectivity index (χ3n) is 6.27. The molecular formula is C25H33N4O. The summed E-state index contributed by atoms with van der Waals surface area (Å²) in [6.45, 7) is 10.0. The molecule has 4 rings (SSSR count). The second-order valence-corrected chi connectivity index (χ2v) is 9.78. The Morgan fingerprint density at radius 2 is 1.43 bits per heavy atom. The molecule has 1 aromatic heterocycles. The van der Waals surface area contributed by atoms with Crippen molar-refractivity contribution in [2.45, 2.75) is 64.1 Å². The predicted octanol–water partition coefficient (Wildman–Crippen LogP) is 5.15. The number of piperidine rings is 1. The molecule has 0 spiro atoms. The van der Waals surface area contributed by atoms with Crippen LogP contribution in [0.2, 0.25) is 0 Å². The molecule has 1 fully saturated rings. The van der Waals surface area contributed by atoms with Crippen LogP contribution < -0.4 is 10.6 Å². The maximum absolute atomic E-state index is 12.5. The molecule has 2 aromatic carbocycles. The summed E-state index contributed by atoms with van der Waals surface area (Å²) in [7, 11) is 0. The summed E-state index contributed by atoms with van der Waals surface area (Å²) in [6.07, 6.45) is 2.78. The molecule has 0 aliphatic carbocycles. The van der Waals surface area contributed by atoms with Gasteiger partial charge in [0.25, 0.3) is 0 Å². The number of benzene rings is 2. The number of nitrogens with zero attached hydrogens (tertiary/aromatic N) is 2. The number of rotatable bonds is 6. The molecule has 1 radical (unpaired) electrons. The number of hydrogen-bond donors (Lipinski definition) is 2. The van der Waals surface area contributed by atoms with Crippen LogP contribution in [0.25, 0.3) is 21.8 Å². The Balaban J connectivity index is 1.39. The number of hydroxylamine groups is 2. The van der Waals surface area contributed by atoms with Gasteiger partial charge in [-0.25, -0.2) is 4.98 Å². The highest BCUT2D eigenvalue weighted by Gasteiger charge is 2.45. The van der Waals surface area contributed by atoms with E-state index in [4.69, 9.17) is 4.98 Å². The van der Waals surface area contributed by atoms with Gasteiger partial charge in [-0.15, -0.1) is 10.3 Å². The van der Waals surface area contributed by atoms with E-state index in [0.29, 0.717) is 6.04 Å². The zero-order chi connectivity index (χ0) is 21.4. The van der Waals surface area contributed by atoms with Crippen molar-refractivity contribution >= 4 is 27.5 Å². The lowest BCUT2D eigenvalue weighted by Crippen LogP contribution is -2.61. The molecule has 0 atom stereocenters. The van der Waals surface area contributed by atoms with Gasteiger partial charge in [0.05, 0.1) is 16.7 Å². The summed E-state index contributed by atoms with van der Waals surface area (Å²) in [5.74, 6) is 0. The largest absolute Gasteiger partial charge is 0.384 e. The van der Waals surface area contributed by atoms with Crippen LogP contribution in [0, 0.1) is 0 Å². The van der Waals surface area contributed by atoms with E-state index in [-0.39, 0.29) is 11.1 Å². The molecule has 2 heterocycles. The number of pyridine rings is 1. The summed E-state index contributed by atoms with van der Waals surface area (Å²) in [5.41, 5.74) is 2.55. The van der Waals surface area contributed by atoms with Crippen molar-refractivity contribution in [3.8, 4) is 0 Å². The molecule has 2 N–H and O–H groups in total. The molecule has 1 saturated heterocycles. The summed E-state index contributed by atoms with van der Waals surface area (Å²) < 4.78 is 0. The van der Waals surface area contributed by atoms with Gasteiger partial charge in [-0.3, -0.25) is 0 Å². The molecule has 0 unspecified atom stereocenters. The van der Waals surface area contributed by atoms with Crippen LogP contribution >= 0.6 is 0 Å². The van der Waals surface area contributed by atoms with Gasteiger partial charge in [0, 0.05) is 34.4 Å². The number of anilines is 1. The van der Waals surface area contributed by atoms with Crippen molar-refractivity contribution < 1.29 is 5.21 Å². The van der Waals surface area contributed by atoms with Crippen molar-refractivity contribution in [1.82, 2.24) is 15.4 Å². The van der Waals surface area contributed by atoms with Gasteiger partial charge < -0.3 is 10.6 Å². The van der Waals surface area contributed by atoms with Crippen LogP contribution in [0.1, 0.15) is 47.0 Å². The van der Waals surface area contributed by atoms with Crippen molar-refractivity contribution in [2.24, 2.45) is 0 Å². The molecule has 1 aliphatic heterocycles. The average Bonchev–Trinajstić information content (AvgIpc) is 2.70. The fourth-order valence-electron chi connectivity index (χ4n) is 5.05.